The number of amides is 1. The molecule has 0 unspecified atom stereocenters. The van der Waals surface area contributed by atoms with Crippen molar-refractivity contribution in [3.8, 4) is 0 Å². The number of carbonyl (C=O) groups is 2. The first-order valence-electron chi connectivity index (χ1n) is 9.16. The summed E-state index contributed by atoms with van der Waals surface area (Å²) in [5.41, 5.74) is 6.28. The Morgan fingerprint density at radius 3 is 2.16 bits per heavy atom. The van der Waals surface area contributed by atoms with Gasteiger partial charge in [-0.3, -0.25) is 9.59 Å². The van der Waals surface area contributed by atoms with Crippen LogP contribution in [0.15, 0.2) is 30.3 Å². The van der Waals surface area contributed by atoms with E-state index in [9.17, 15) is 9.59 Å². The van der Waals surface area contributed by atoms with Crippen LogP contribution < -0.4 is 5.73 Å². The van der Waals surface area contributed by atoms with Crippen molar-refractivity contribution in [1.29, 1.82) is 0 Å². The molecule has 0 saturated carbocycles. The maximum Gasteiger partial charge on any atom is 0.310 e. The first-order chi connectivity index (χ1) is 11.6. The molecule has 1 amide bonds. The van der Waals surface area contributed by atoms with Gasteiger partial charge in [-0.15, -0.1) is 0 Å². The second-order valence-corrected chi connectivity index (χ2v) is 8.16. The number of esters is 1. The molecule has 0 aliphatic rings. The van der Waals surface area contributed by atoms with Crippen molar-refractivity contribution in [3.05, 3.63) is 35.9 Å². The smallest absolute Gasteiger partial charge is 0.310 e. The van der Waals surface area contributed by atoms with Crippen LogP contribution >= 0.6 is 0 Å². The van der Waals surface area contributed by atoms with Crippen LogP contribution in [0.5, 0.6) is 0 Å². The standard InChI is InChI=1S/C21H33NO3/c1-15(2)14-18(19(22)23)17(20(24)25-21(3,4)5)13-9-12-16-10-7-6-8-11-16/h6-8,10-11,15,17-18H,9,12-14H2,1-5H3,(H2,22,23)/t17-,18+/m0/s1. The third-order valence-corrected chi connectivity index (χ3v) is 4.11. The number of nitrogens with two attached hydrogens (primary N) is 1. The molecule has 4 heteroatoms. The summed E-state index contributed by atoms with van der Waals surface area (Å²) in [5.74, 6) is -1.40. The van der Waals surface area contributed by atoms with Gasteiger partial charge in [-0.25, -0.2) is 0 Å². The minimum Gasteiger partial charge on any atom is -0.460 e. The van der Waals surface area contributed by atoms with Gasteiger partial charge in [0.05, 0.1) is 11.8 Å². The van der Waals surface area contributed by atoms with Crippen molar-refractivity contribution in [2.24, 2.45) is 23.5 Å². The van der Waals surface area contributed by atoms with Crippen molar-refractivity contribution >= 4 is 11.9 Å². The highest BCUT2D eigenvalue weighted by atomic mass is 16.6. The normalized spacial score (nSPS) is 14.2. The number of ether oxygens (including phenoxy) is 1. The molecule has 1 rings (SSSR count). The number of hydrogen-bond acceptors (Lipinski definition) is 3. The topological polar surface area (TPSA) is 69.4 Å². The Balaban J connectivity index is 2.85. The molecular weight excluding hydrogens is 314 g/mol. The number of primary amides is 1. The molecule has 1 aromatic carbocycles. The molecule has 0 saturated heterocycles. The van der Waals surface area contributed by atoms with Gasteiger partial charge < -0.3 is 10.5 Å². The van der Waals surface area contributed by atoms with Gasteiger partial charge in [-0.2, -0.15) is 0 Å². The molecule has 0 aromatic heterocycles. The zero-order chi connectivity index (χ0) is 19.0. The fourth-order valence-corrected chi connectivity index (χ4v) is 3.02. The van der Waals surface area contributed by atoms with E-state index < -0.39 is 23.3 Å². The number of aryl methyl sites for hydroxylation is 1. The molecule has 0 aliphatic carbocycles. The molecule has 25 heavy (non-hydrogen) atoms. The Morgan fingerprint density at radius 2 is 1.68 bits per heavy atom. The van der Waals surface area contributed by atoms with Crippen molar-refractivity contribution in [2.45, 2.75) is 65.9 Å². The van der Waals surface area contributed by atoms with Gasteiger partial charge in [-0.1, -0.05) is 44.2 Å². The van der Waals surface area contributed by atoms with Crippen LogP contribution in [-0.4, -0.2) is 17.5 Å². The predicted octanol–water partition coefficient (Wildman–Crippen LogP) is 4.11. The van der Waals surface area contributed by atoms with Crippen LogP contribution in [0.4, 0.5) is 0 Å². The summed E-state index contributed by atoms with van der Waals surface area (Å²) >= 11 is 0. The lowest BCUT2D eigenvalue weighted by Gasteiger charge is -2.28. The number of rotatable bonds is 9. The predicted molar refractivity (Wildman–Crippen MR) is 101 cm³/mol. The number of hydrogen-bond donors (Lipinski definition) is 1. The molecule has 4 nitrogen and oxygen atoms in total. The maximum absolute atomic E-state index is 12.7. The zero-order valence-electron chi connectivity index (χ0n) is 16.2. The van der Waals surface area contributed by atoms with Crippen molar-refractivity contribution in [3.63, 3.8) is 0 Å². The Labute approximate surface area is 152 Å². The summed E-state index contributed by atoms with van der Waals surface area (Å²) in [6.45, 7) is 9.59. The zero-order valence-corrected chi connectivity index (χ0v) is 16.2. The maximum atomic E-state index is 12.7. The Bertz CT molecular complexity index is 546. The molecule has 0 spiro atoms. The van der Waals surface area contributed by atoms with Gasteiger partial charge in [0.25, 0.3) is 0 Å². The first kappa shape index (κ1) is 21.2. The molecule has 2 atom stereocenters. The van der Waals surface area contributed by atoms with Gasteiger partial charge >= 0.3 is 5.97 Å². The number of benzene rings is 1. The summed E-state index contributed by atoms with van der Waals surface area (Å²) in [7, 11) is 0. The van der Waals surface area contributed by atoms with Gasteiger partial charge in [0.1, 0.15) is 5.60 Å². The Kier molecular flexibility index (Phi) is 8.14. The van der Waals surface area contributed by atoms with E-state index in [1.807, 2.05) is 52.8 Å². The highest BCUT2D eigenvalue weighted by Gasteiger charge is 2.35. The molecule has 0 bridgehead atoms. The second-order valence-electron chi connectivity index (χ2n) is 8.16. The fraction of sp³-hybridized carbons (Fsp3) is 0.619. The summed E-state index contributed by atoms with van der Waals surface area (Å²) in [6, 6.07) is 10.1. The highest BCUT2D eigenvalue weighted by molar-refractivity contribution is 5.84. The molecular formula is C21H33NO3. The lowest BCUT2D eigenvalue weighted by atomic mass is 9.81. The molecule has 140 valence electrons. The van der Waals surface area contributed by atoms with E-state index in [0.29, 0.717) is 12.8 Å². The first-order valence-corrected chi connectivity index (χ1v) is 9.16. The second kappa shape index (κ2) is 9.59. The van der Waals surface area contributed by atoms with Crippen LogP contribution in [0.2, 0.25) is 0 Å². The lowest BCUT2D eigenvalue weighted by Crippen LogP contribution is -2.39. The van der Waals surface area contributed by atoms with Crippen LogP contribution in [0, 0.1) is 17.8 Å². The lowest BCUT2D eigenvalue weighted by molar-refractivity contribution is -0.164. The van der Waals surface area contributed by atoms with E-state index in [-0.39, 0.29) is 11.9 Å². The van der Waals surface area contributed by atoms with Crippen LogP contribution in [-0.2, 0) is 20.7 Å². The van der Waals surface area contributed by atoms with Gasteiger partial charge in [0, 0.05) is 0 Å². The SMILES string of the molecule is CC(C)C[C@@H](C(N)=O)[C@H](CCCc1ccccc1)C(=O)OC(C)(C)C. The van der Waals surface area contributed by atoms with Gasteiger partial charge in [-0.05, 0) is 57.9 Å². The Hall–Kier alpha value is -1.84. The molecule has 0 aliphatic heterocycles. The van der Waals surface area contributed by atoms with E-state index in [1.165, 1.54) is 5.56 Å². The summed E-state index contributed by atoms with van der Waals surface area (Å²) in [5, 5.41) is 0. The van der Waals surface area contributed by atoms with Gasteiger partial charge in [0.2, 0.25) is 5.91 Å². The highest BCUT2D eigenvalue weighted by Crippen LogP contribution is 2.28. The third-order valence-electron chi connectivity index (χ3n) is 4.11. The molecule has 0 heterocycles. The Morgan fingerprint density at radius 1 is 1.08 bits per heavy atom. The van der Waals surface area contributed by atoms with E-state index in [0.717, 1.165) is 12.8 Å². The van der Waals surface area contributed by atoms with E-state index in [2.05, 4.69) is 12.1 Å². The van der Waals surface area contributed by atoms with E-state index in [4.69, 9.17) is 10.5 Å². The summed E-state index contributed by atoms with van der Waals surface area (Å²) < 4.78 is 5.57. The van der Waals surface area contributed by atoms with Crippen molar-refractivity contribution < 1.29 is 14.3 Å². The average Bonchev–Trinajstić information content (AvgIpc) is 2.48. The molecule has 0 radical (unpaired) electrons. The molecule has 0 fully saturated rings. The monoisotopic (exact) mass is 347 g/mol. The van der Waals surface area contributed by atoms with Crippen LogP contribution in [0.1, 0.15) is 59.4 Å². The van der Waals surface area contributed by atoms with Gasteiger partial charge in [0.15, 0.2) is 0 Å². The fourth-order valence-electron chi connectivity index (χ4n) is 3.02. The van der Waals surface area contributed by atoms with Crippen LogP contribution in [0.25, 0.3) is 0 Å². The minimum atomic E-state index is -0.575. The summed E-state index contributed by atoms with van der Waals surface area (Å²) in [4.78, 5) is 24.7. The largest absolute Gasteiger partial charge is 0.460 e. The van der Waals surface area contributed by atoms with Crippen LogP contribution in [0.3, 0.4) is 0 Å². The van der Waals surface area contributed by atoms with Crippen molar-refractivity contribution in [2.75, 3.05) is 0 Å². The number of carbonyl (C=O) groups excluding carboxylic acids is 2. The van der Waals surface area contributed by atoms with E-state index in [1.54, 1.807) is 0 Å². The third kappa shape index (κ3) is 8.19. The van der Waals surface area contributed by atoms with E-state index >= 15 is 0 Å². The minimum absolute atomic E-state index is 0.288. The molecule has 1 aromatic rings. The average molecular weight is 347 g/mol. The quantitative estimate of drug-likeness (QED) is 0.683. The molecule has 2 N–H and O–H groups in total. The summed E-state index contributed by atoms with van der Waals surface area (Å²) in [6.07, 6.45) is 2.89. The van der Waals surface area contributed by atoms with Crippen molar-refractivity contribution in [1.82, 2.24) is 0 Å².